The summed E-state index contributed by atoms with van der Waals surface area (Å²) in [5, 5.41) is 20.2. The van der Waals surface area contributed by atoms with E-state index >= 15 is 0 Å². The Morgan fingerprint density at radius 2 is 1.89 bits per heavy atom. The fourth-order valence-corrected chi connectivity index (χ4v) is 1.47. The number of aliphatic hydroxyl groups is 2. The Hall–Kier alpha value is -2.05. The fraction of sp³-hybridized carbons (Fsp3) is 0.250. The quantitative estimate of drug-likeness (QED) is 0.690. The van der Waals surface area contributed by atoms with Crippen LogP contribution in [0, 0.1) is 0 Å². The summed E-state index contributed by atoms with van der Waals surface area (Å²) in [6.45, 7) is -0.660. The minimum atomic E-state index is -0.689. The van der Waals surface area contributed by atoms with Crippen LogP contribution in [0.25, 0.3) is 11.0 Å². The third-order valence-corrected chi connectivity index (χ3v) is 2.46. The van der Waals surface area contributed by atoms with Gasteiger partial charge in [-0.05, 0) is 12.1 Å². The zero-order valence-corrected chi connectivity index (χ0v) is 9.58. The van der Waals surface area contributed by atoms with Gasteiger partial charge in [0.05, 0.1) is 36.5 Å². The van der Waals surface area contributed by atoms with Crippen molar-refractivity contribution in [2.45, 2.75) is 6.04 Å². The van der Waals surface area contributed by atoms with Crippen molar-refractivity contribution in [2.24, 2.45) is 0 Å². The molecule has 0 aliphatic heterocycles. The molecule has 0 atom stereocenters. The number of para-hydroxylation sites is 2. The summed E-state index contributed by atoms with van der Waals surface area (Å²) in [4.78, 5) is 20.1. The maximum atomic E-state index is 11.8. The first-order valence-electron chi connectivity index (χ1n) is 5.49. The number of aliphatic hydroxyl groups excluding tert-OH is 2. The predicted octanol–water partition coefficient (Wildman–Crippen LogP) is -0.287. The number of rotatable bonds is 4. The number of hydrogen-bond donors (Lipinski definition) is 3. The van der Waals surface area contributed by atoms with Gasteiger partial charge in [0.2, 0.25) is 0 Å². The molecule has 0 saturated carbocycles. The van der Waals surface area contributed by atoms with Gasteiger partial charge in [0.25, 0.3) is 5.91 Å². The second kappa shape index (κ2) is 5.52. The van der Waals surface area contributed by atoms with Crippen LogP contribution >= 0.6 is 0 Å². The number of benzene rings is 1. The van der Waals surface area contributed by atoms with E-state index in [1.165, 1.54) is 6.20 Å². The molecule has 0 radical (unpaired) electrons. The van der Waals surface area contributed by atoms with Gasteiger partial charge in [-0.25, -0.2) is 4.98 Å². The minimum Gasteiger partial charge on any atom is -0.394 e. The maximum absolute atomic E-state index is 11.8. The van der Waals surface area contributed by atoms with E-state index in [1.807, 2.05) is 12.1 Å². The topological polar surface area (TPSA) is 95.3 Å². The van der Waals surface area contributed by atoms with Crippen molar-refractivity contribution in [3.8, 4) is 0 Å². The molecule has 0 aliphatic carbocycles. The molecule has 6 heteroatoms. The molecule has 94 valence electrons. The van der Waals surface area contributed by atoms with Crippen molar-refractivity contribution >= 4 is 16.9 Å². The molecule has 0 spiro atoms. The molecular weight excluding hydrogens is 234 g/mol. The van der Waals surface area contributed by atoms with E-state index in [1.54, 1.807) is 12.1 Å². The average Bonchev–Trinajstić information content (AvgIpc) is 2.44. The predicted molar refractivity (Wildman–Crippen MR) is 65.0 cm³/mol. The zero-order chi connectivity index (χ0) is 13.0. The highest BCUT2D eigenvalue weighted by molar-refractivity contribution is 5.93. The van der Waals surface area contributed by atoms with Gasteiger partial charge in [-0.3, -0.25) is 9.78 Å². The Kier molecular flexibility index (Phi) is 3.81. The minimum absolute atomic E-state index is 0.153. The Morgan fingerprint density at radius 1 is 1.22 bits per heavy atom. The van der Waals surface area contributed by atoms with Gasteiger partial charge in [-0.1, -0.05) is 12.1 Å². The largest absolute Gasteiger partial charge is 0.394 e. The van der Waals surface area contributed by atoms with Crippen molar-refractivity contribution in [2.75, 3.05) is 13.2 Å². The van der Waals surface area contributed by atoms with E-state index < -0.39 is 11.9 Å². The van der Waals surface area contributed by atoms with Gasteiger partial charge in [-0.2, -0.15) is 0 Å². The van der Waals surface area contributed by atoms with Gasteiger partial charge in [0.1, 0.15) is 5.69 Å². The molecule has 1 aromatic heterocycles. The van der Waals surface area contributed by atoms with Crippen molar-refractivity contribution in [3.05, 3.63) is 36.2 Å². The normalized spacial score (nSPS) is 10.8. The second-order valence-corrected chi connectivity index (χ2v) is 3.78. The van der Waals surface area contributed by atoms with Crippen molar-refractivity contribution in [1.82, 2.24) is 15.3 Å². The van der Waals surface area contributed by atoms with Crippen LogP contribution in [0.4, 0.5) is 0 Å². The van der Waals surface area contributed by atoms with Gasteiger partial charge in [0, 0.05) is 0 Å². The van der Waals surface area contributed by atoms with E-state index in [-0.39, 0.29) is 18.9 Å². The molecule has 1 aromatic carbocycles. The smallest absolute Gasteiger partial charge is 0.271 e. The molecule has 1 amide bonds. The lowest BCUT2D eigenvalue weighted by Crippen LogP contribution is -2.40. The third-order valence-electron chi connectivity index (χ3n) is 2.46. The molecule has 6 nitrogen and oxygen atoms in total. The molecule has 0 bridgehead atoms. The summed E-state index contributed by atoms with van der Waals surface area (Å²) in [5.74, 6) is -0.471. The van der Waals surface area contributed by atoms with Crippen LogP contribution in [-0.2, 0) is 0 Å². The van der Waals surface area contributed by atoms with Crippen molar-refractivity contribution in [1.29, 1.82) is 0 Å². The SMILES string of the molecule is O=C(NC(CO)CO)c1cnc2ccccc2n1. The standard InChI is InChI=1S/C12H13N3O3/c16-6-8(7-17)14-12(18)11-5-13-9-3-1-2-4-10(9)15-11/h1-5,8,16-17H,6-7H2,(H,14,18). The molecule has 0 aliphatic rings. The molecule has 0 saturated heterocycles. The van der Waals surface area contributed by atoms with E-state index in [4.69, 9.17) is 10.2 Å². The summed E-state index contributed by atoms with van der Waals surface area (Å²) < 4.78 is 0. The van der Waals surface area contributed by atoms with Gasteiger partial charge in [-0.15, -0.1) is 0 Å². The summed E-state index contributed by atoms with van der Waals surface area (Å²) >= 11 is 0. The average molecular weight is 247 g/mol. The number of aromatic nitrogens is 2. The maximum Gasteiger partial charge on any atom is 0.271 e. The van der Waals surface area contributed by atoms with Crippen molar-refractivity contribution in [3.63, 3.8) is 0 Å². The highest BCUT2D eigenvalue weighted by Gasteiger charge is 2.13. The van der Waals surface area contributed by atoms with Gasteiger partial charge >= 0.3 is 0 Å². The van der Waals surface area contributed by atoms with Crippen LogP contribution in [0.2, 0.25) is 0 Å². The molecule has 1 heterocycles. The fourth-order valence-electron chi connectivity index (χ4n) is 1.47. The molecule has 3 N–H and O–H groups in total. The molecule has 0 fully saturated rings. The lowest BCUT2D eigenvalue weighted by molar-refractivity contribution is 0.0874. The van der Waals surface area contributed by atoms with E-state index in [2.05, 4.69) is 15.3 Å². The van der Waals surface area contributed by atoms with Crippen LogP contribution < -0.4 is 5.32 Å². The highest BCUT2D eigenvalue weighted by Crippen LogP contribution is 2.08. The number of nitrogens with zero attached hydrogens (tertiary/aromatic N) is 2. The van der Waals surface area contributed by atoms with Gasteiger partial charge in [0.15, 0.2) is 0 Å². The summed E-state index contributed by atoms with van der Waals surface area (Å²) in [6, 6.07) is 6.52. The Morgan fingerprint density at radius 3 is 2.56 bits per heavy atom. The number of fused-ring (bicyclic) bond motifs is 1. The van der Waals surface area contributed by atoms with Crippen molar-refractivity contribution < 1.29 is 15.0 Å². The first-order valence-corrected chi connectivity index (χ1v) is 5.49. The molecule has 18 heavy (non-hydrogen) atoms. The lowest BCUT2D eigenvalue weighted by atomic mass is 10.2. The van der Waals surface area contributed by atoms with Crippen LogP contribution in [-0.4, -0.2) is 45.3 Å². The number of carbonyl (C=O) groups excluding carboxylic acids is 1. The Labute approximate surface area is 103 Å². The Bertz CT molecular complexity index is 555. The molecule has 2 aromatic rings. The summed E-state index contributed by atoms with van der Waals surface area (Å²) in [6.07, 6.45) is 1.36. The lowest BCUT2D eigenvalue weighted by Gasteiger charge is -2.12. The van der Waals surface area contributed by atoms with E-state index in [0.717, 1.165) is 0 Å². The third kappa shape index (κ3) is 2.61. The Balaban J connectivity index is 2.22. The van der Waals surface area contributed by atoms with Crippen LogP contribution in [0.15, 0.2) is 30.5 Å². The number of nitrogens with one attached hydrogen (secondary N) is 1. The number of carbonyl (C=O) groups is 1. The first-order chi connectivity index (χ1) is 8.74. The number of hydrogen-bond acceptors (Lipinski definition) is 5. The second-order valence-electron chi connectivity index (χ2n) is 3.78. The molecule has 0 unspecified atom stereocenters. The monoisotopic (exact) mass is 247 g/mol. The highest BCUT2D eigenvalue weighted by atomic mass is 16.3. The summed E-state index contributed by atoms with van der Waals surface area (Å²) in [5.41, 5.74) is 1.48. The van der Waals surface area contributed by atoms with Crippen LogP contribution in [0.1, 0.15) is 10.5 Å². The first kappa shape index (κ1) is 12.4. The zero-order valence-electron chi connectivity index (χ0n) is 9.58. The summed E-state index contributed by atoms with van der Waals surface area (Å²) in [7, 11) is 0. The molecule has 2 rings (SSSR count). The van der Waals surface area contributed by atoms with E-state index in [0.29, 0.717) is 11.0 Å². The van der Waals surface area contributed by atoms with Gasteiger partial charge < -0.3 is 15.5 Å². The van der Waals surface area contributed by atoms with Crippen LogP contribution in [0.3, 0.4) is 0 Å². The van der Waals surface area contributed by atoms with E-state index in [9.17, 15) is 4.79 Å². The van der Waals surface area contributed by atoms with Crippen LogP contribution in [0.5, 0.6) is 0 Å². The molecular formula is C12H13N3O3. The number of amides is 1.